The summed E-state index contributed by atoms with van der Waals surface area (Å²) in [7, 11) is 0. The third-order valence-electron chi connectivity index (χ3n) is 3.04. The number of rotatable bonds is 5. The fraction of sp³-hybridized carbons (Fsp3) is 0.267. The molecule has 0 fully saturated rings. The Morgan fingerprint density at radius 1 is 1.45 bits per heavy atom. The summed E-state index contributed by atoms with van der Waals surface area (Å²) in [4.78, 5) is 12.0. The number of nitriles is 1. The third-order valence-corrected chi connectivity index (χ3v) is 3.78. The number of aromatic nitrogens is 2. The number of halogens is 2. The number of benzene rings is 1. The van der Waals surface area contributed by atoms with Crippen molar-refractivity contribution in [2.24, 2.45) is 0 Å². The van der Waals surface area contributed by atoms with E-state index in [9.17, 15) is 10.1 Å². The van der Waals surface area contributed by atoms with Crippen molar-refractivity contribution in [3.63, 3.8) is 0 Å². The van der Waals surface area contributed by atoms with Gasteiger partial charge in [-0.2, -0.15) is 10.4 Å². The topological polar surface area (TPSA) is 70.7 Å². The Morgan fingerprint density at radius 2 is 2.23 bits per heavy atom. The van der Waals surface area contributed by atoms with E-state index in [0.29, 0.717) is 22.2 Å². The first-order chi connectivity index (χ1) is 10.5. The Kier molecular flexibility index (Phi) is 5.42. The summed E-state index contributed by atoms with van der Waals surface area (Å²) in [6.07, 6.45) is 3.82. The molecule has 0 aliphatic rings. The molecule has 1 N–H and O–H groups in total. The van der Waals surface area contributed by atoms with Gasteiger partial charge in [-0.3, -0.25) is 9.48 Å². The van der Waals surface area contributed by atoms with E-state index in [1.807, 2.05) is 19.2 Å². The highest BCUT2D eigenvalue weighted by Gasteiger charge is 2.15. The highest BCUT2D eigenvalue weighted by molar-refractivity contribution is 6.42. The van der Waals surface area contributed by atoms with Crippen LogP contribution in [0.3, 0.4) is 0 Å². The lowest BCUT2D eigenvalue weighted by atomic mass is 10.1. The fourth-order valence-corrected chi connectivity index (χ4v) is 2.23. The minimum Gasteiger partial charge on any atom is -0.337 e. The van der Waals surface area contributed by atoms with Crippen LogP contribution in [-0.2, 0) is 11.3 Å². The molecule has 1 amide bonds. The number of aryl methyl sites for hydroxylation is 2. The normalized spacial score (nSPS) is 11.7. The summed E-state index contributed by atoms with van der Waals surface area (Å²) in [6.45, 7) is 2.39. The van der Waals surface area contributed by atoms with Crippen molar-refractivity contribution in [1.29, 1.82) is 5.26 Å². The molecule has 5 nitrogen and oxygen atoms in total. The summed E-state index contributed by atoms with van der Waals surface area (Å²) in [5.41, 5.74) is 1.63. The van der Waals surface area contributed by atoms with Gasteiger partial charge < -0.3 is 5.32 Å². The maximum absolute atomic E-state index is 12.0. The average molecular weight is 337 g/mol. The van der Waals surface area contributed by atoms with E-state index in [0.717, 1.165) is 5.56 Å². The lowest BCUT2D eigenvalue weighted by Gasteiger charge is -2.12. The molecule has 1 aromatic heterocycles. The van der Waals surface area contributed by atoms with Gasteiger partial charge in [-0.1, -0.05) is 29.3 Å². The quantitative estimate of drug-likeness (QED) is 0.910. The predicted molar refractivity (Wildman–Crippen MR) is 84.5 cm³/mol. The van der Waals surface area contributed by atoms with Crippen molar-refractivity contribution in [1.82, 2.24) is 15.1 Å². The molecule has 0 radical (unpaired) electrons. The molecular weight excluding hydrogens is 323 g/mol. The van der Waals surface area contributed by atoms with Crippen molar-refractivity contribution in [3.8, 4) is 6.07 Å². The van der Waals surface area contributed by atoms with E-state index in [2.05, 4.69) is 10.4 Å². The molecule has 2 aromatic rings. The maximum Gasteiger partial charge on any atom is 0.223 e. The van der Waals surface area contributed by atoms with Gasteiger partial charge >= 0.3 is 0 Å². The van der Waals surface area contributed by atoms with Gasteiger partial charge in [-0.15, -0.1) is 0 Å². The van der Waals surface area contributed by atoms with Gasteiger partial charge in [0.05, 0.1) is 22.3 Å². The largest absolute Gasteiger partial charge is 0.337 e. The van der Waals surface area contributed by atoms with E-state index < -0.39 is 6.04 Å². The Hall–Kier alpha value is -2.03. The van der Waals surface area contributed by atoms with Crippen LogP contribution in [0.4, 0.5) is 0 Å². The van der Waals surface area contributed by atoms with Crippen molar-refractivity contribution in [2.45, 2.75) is 25.9 Å². The van der Waals surface area contributed by atoms with Crippen molar-refractivity contribution < 1.29 is 4.79 Å². The molecule has 0 spiro atoms. The van der Waals surface area contributed by atoms with Gasteiger partial charge in [0.25, 0.3) is 0 Å². The van der Waals surface area contributed by atoms with Crippen molar-refractivity contribution in [2.75, 3.05) is 0 Å². The fourth-order valence-electron chi connectivity index (χ4n) is 1.92. The van der Waals surface area contributed by atoms with Crippen molar-refractivity contribution in [3.05, 3.63) is 51.8 Å². The average Bonchev–Trinajstić information content (AvgIpc) is 2.91. The van der Waals surface area contributed by atoms with E-state index in [-0.39, 0.29) is 12.3 Å². The number of nitrogens with zero attached hydrogens (tertiary/aromatic N) is 3. The van der Waals surface area contributed by atoms with E-state index in [1.54, 1.807) is 29.1 Å². The van der Waals surface area contributed by atoms with Crippen LogP contribution in [0.5, 0.6) is 0 Å². The van der Waals surface area contributed by atoms with Crippen LogP contribution >= 0.6 is 23.2 Å². The number of hydrogen-bond donors (Lipinski definition) is 1. The van der Waals surface area contributed by atoms with Crippen LogP contribution in [0.25, 0.3) is 0 Å². The van der Waals surface area contributed by atoms with Crippen LogP contribution < -0.4 is 5.32 Å². The molecule has 7 heteroatoms. The minimum absolute atomic E-state index is 0.231. The Morgan fingerprint density at radius 3 is 2.82 bits per heavy atom. The summed E-state index contributed by atoms with van der Waals surface area (Å²) < 4.78 is 1.69. The highest BCUT2D eigenvalue weighted by atomic mass is 35.5. The highest BCUT2D eigenvalue weighted by Crippen LogP contribution is 2.25. The first-order valence-electron chi connectivity index (χ1n) is 6.62. The Balaban J connectivity index is 1.96. The molecule has 0 saturated heterocycles. The zero-order chi connectivity index (χ0) is 16.1. The van der Waals surface area contributed by atoms with Gasteiger partial charge in [0, 0.05) is 19.2 Å². The Bertz CT molecular complexity index is 721. The molecule has 0 saturated carbocycles. The first kappa shape index (κ1) is 16.3. The first-order valence-corrected chi connectivity index (χ1v) is 7.38. The lowest BCUT2D eigenvalue weighted by molar-refractivity contribution is -0.121. The molecule has 0 aliphatic heterocycles. The number of carbonyl (C=O) groups excluding carboxylic acids is 1. The van der Waals surface area contributed by atoms with Crippen LogP contribution in [0.15, 0.2) is 30.6 Å². The van der Waals surface area contributed by atoms with Crippen LogP contribution in [0.1, 0.15) is 23.6 Å². The molecule has 1 atom stereocenters. The summed E-state index contributed by atoms with van der Waals surface area (Å²) in [5, 5.41) is 16.7. The second kappa shape index (κ2) is 7.30. The monoisotopic (exact) mass is 336 g/mol. The van der Waals surface area contributed by atoms with Gasteiger partial charge in [0.15, 0.2) is 0 Å². The van der Waals surface area contributed by atoms with E-state index in [1.165, 1.54) is 0 Å². The minimum atomic E-state index is -0.762. The molecule has 1 aromatic carbocycles. The molecule has 0 aliphatic carbocycles. The number of hydrogen-bond acceptors (Lipinski definition) is 3. The van der Waals surface area contributed by atoms with E-state index >= 15 is 0 Å². The predicted octanol–water partition coefficient (Wildman–Crippen LogP) is 3.27. The summed E-state index contributed by atoms with van der Waals surface area (Å²) in [6, 6.07) is 6.12. The smallest absolute Gasteiger partial charge is 0.223 e. The molecule has 114 valence electrons. The zero-order valence-electron chi connectivity index (χ0n) is 11.9. The van der Waals surface area contributed by atoms with Gasteiger partial charge in [-0.05, 0) is 30.2 Å². The summed E-state index contributed by atoms with van der Waals surface area (Å²) >= 11 is 11.8. The molecule has 0 unspecified atom stereocenters. The molecule has 1 heterocycles. The maximum atomic E-state index is 12.0. The SMILES string of the molecule is Cc1cnn(CCC(=O)N[C@H](C#N)c2ccc(Cl)c(Cl)c2)c1. The van der Waals surface area contributed by atoms with Crippen molar-refractivity contribution >= 4 is 29.1 Å². The van der Waals surface area contributed by atoms with Gasteiger partial charge in [0.2, 0.25) is 5.91 Å². The van der Waals surface area contributed by atoms with Crippen LogP contribution in [0.2, 0.25) is 10.0 Å². The van der Waals surface area contributed by atoms with Gasteiger partial charge in [-0.25, -0.2) is 0 Å². The number of amides is 1. The molecule has 2 rings (SSSR count). The zero-order valence-corrected chi connectivity index (χ0v) is 13.4. The summed E-state index contributed by atoms with van der Waals surface area (Å²) in [5.74, 6) is -0.231. The second-order valence-electron chi connectivity index (χ2n) is 4.83. The standard InChI is InChI=1S/C15H14Cl2N4O/c1-10-8-19-21(9-10)5-4-15(22)20-14(7-18)11-2-3-12(16)13(17)6-11/h2-3,6,8-9,14H,4-5H2,1H3,(H,20,22)/t14-/m1/s1. The Labute approximate surface area is 138 Å². The second-order valence-corrected chi connectivity index (χ2v) is 5.65. The molecular formula is C15H14Cl2N4O. The number of nitrogens with one attached hydrogen (secondary N) is 1. The molecule has 0 bridgehead atoms. The lowest BCUT2D eigenvalue weighted by Crippen LogP contribution is -2.28. The number of carbonyl (C=O) groups is 1. The van der Waals surface area contributed by atoms with Crippen LogP contribution in [-0.4, -0.2) is 15.7 Å². The van der Waals surface area contributed by atoms with Gasteiger partial charge in [0.1, 0.15) is 6.04 Å². The third kappa shape index (κ3) is 4.23. The van der Waals surface area contributed by atoms with Crippen LogP contribution in [0, 0.1) is 18.3 Å². The molecule has 22 heavy (non-hydrogen) atoms. The van der Waals surface area contributed by atoms with E-state index in [4.69, 9.17) is 23.2 Å².